The molecule has 1 heterocycles. The molecule has 0 aliphatic rings. The van der Waals surface area contributed by atoms with Crippen LogP contribution in [-0.2, 0) is 5.54 Å². The Morgan fingerprint density at radius 1 is 1.33 bits per heavy atom. The number of rotatable bonds is 0. The van der Waals surface area contributed by atoms with Gasteiger partial charge in [0.25, 0.3) is 5.56 Å². The zero-order valence-corrected chi connectivity index (χ0v) is 11.3. The van der Waals surface area contributed by atoms with Crippen LogP contribution in [0, 0.1) is 0 Å². The van der Waals surface area contributed by atoms with Crippen LogP contribution in [0.4, 0.5) is 0 Å². The van der Waals surface area contributed by atoms with Gasteiger partial charge in [-0.2, -0.15) is 0 Å². The van der Waals surface area contributed by atoms with Crippen molar-refractivity contribution in [3.05, 3.63) is 33.0 Å². The van der Waals surface area contributed by atoms with Crippen LogP contribution in [0.2, 0.25) is 0 Å². The number of hydrogen-bond acceptors (Lipinski definition) is 2. The van der Waals surface area contributed by atoms with Gasteiger partial charge in [-0.05, 0) is 39.0 Å². The van der Waals surface area contributed by atoms with Crippen molar-refractivity contribution >= 4 is 37.5 Å². The van der Waals surface area contributed by atoms with Gasteiger partial charge in [0.2, 0.25) is 0 Å². The van der Waals surface area contributed by atoms with Gasteiger partial charge in [0.05, 0.1) is 15.6 Å². The molecule has 0 aliphatic heterocycles. The first-order valence-electron chi connectivity index (χ1n) is 4.72. The summed E-state index contributed by atoms with van der Waals surface area (Å²) in [4.78, 5) is 12.1. The Morgan fingerprint density at radius 3 is 2.60 bits per heavy atom. The number of fused-ring (bicyclic) bond motifs is 1. The predicted octanol–water partition coefficient (Wildman–Crippen LogP) is 3.58. The van der Waals surface area contributed by atoms with E-state index in [9.17, 15) is 4.79 Å². The molecule has 0 spiro atoms. The molecule has 0 bridgehead atoms. The summed E-state index contributed by atoms with van der Waals surface area (Å²) in [5, 5.41) is 0.796. The minimum absolute atomic E-state index is 0.101. The molecule has 4 heteroatoms. The van der Waals surface area contributed by atoms with Gasteiger partial charge in [-0.3, -0.25) is 8.75 Å². The smallest absolute Gasteiger partial charge is 0.268 e. The van der Waals surface area contributed by atoms with E-state index in [4.69, 9.17) is 0 Å². The van der Waals surface area contributed by atoms with Gasteiger partial charge < -0.3 is 0 Å². The van der Waals surface area contributed by atoms with E-state index in [1.165, 1.54) is 11.5 Å². The Balaban J connectivity index is 2.82. The lowest BCUT2D eigenvalue weighted by molar-refractivity contribution is 0.420. The molecule has 0 atom stereocenters. The van der Waals surface area contributed by atoms with E-state index >= 15 is 0 Å². The van der Waals surface area contributed by atoms with Crippen molar-refractivity contribution in [2.75, 3.05) is 0 Å². The number of halogens is 1. The van der Waals surface area contributed by atoms with E-state index in [0.717, 1.165) is 14.6 Å². The molecule has 0 amide bonds. The van der Waals surface area contributed by atoms with Crippen LogP contribution in [0.25, 0.3) is 10.1 Å². The standard InChI is InChI=1S/C11H12BrNOS/c1-11(2,3)13-10(14)8-6-7(12)4-5-9(8)15-13/h4-6H,1-3H3. The molecule has 2 rings (SSSR count). The van der Waals surface area contributed by atoms with E-state index in [0.29, 0.717) is 0 Å². The molecule has 0 saturated heterocycles. The molecular weight excluding hydrogens is 274 g/mol. The summed E-state index contributed by atoms with van der Waals surface area (Å²) in [5.41, 5.74) is -0.0448. The fraction of sp³-hybridized carbons (Fsp3) is 0.364. The molecule has 0 radical (unpaired) electrons. The van der Waals surface area contributed by atoms with Crippen LogP contribution in [0.15, 0.2) is 27.5 Å². The third-order valence-corrected chi connectivity index (χ3v) is 4.10. The van der Waals surface area contributed by atoms with Gasteiger partial charge in [-0.25, -0.2) is 0 Å². The molecule has 1 aromatic carbocycles. The van der Waals surface area contributed by atoms with E-state index in [1.54, 1.807) is 0 Å². The van der Waals surface area contributed by atoms with Crippen LogP contribution in [0.5, 0.6) is 0 Å². The minimum Gasteiger partial charge on any atom is -0.268 e. The molecular formula is C11H12BrNOS. The maximum Gasteiger partial charge on any atom is 0.269 e. The van der Waals surface area contributed by atoms with Crippen molar-refractivity contribution in [1.82, 2.24) is 3.96 Å². The van der Waals surface area contributed by atoms with Crippen LogP contribution in [0.3, 0.4) is 0 Å². The average Bonchev–Trinajstić information content (AvgIpc) is 2.43. The van der Waals surface area contributed by atoms with E-state index in [1.807, 2.05) is 42.9 Å². The number of aromatic nitrogens is 1. The summed E-state index contributed by atoms with van der Waals surface area (Å²) in [7, 11) is 0. The highest BCUT2D eigenvalue weighted by molar-refractivity contribution is 9.10. The van der Waals surface area contributed by atoms with Crippen molar-refractivity contribution in [3.63, 3.8) is 0 Å². The predicted molar refractivity (Wildman–Crippen MR) is 68.8 cm³/mol. The fourth-order valence-electron chi connectivity index (χ4n) is 1.44. The zero-order valence-electron chi connectivity index (χ0n) is 8.87. The molecule has 0 unspecified atom stereocenters. The Labute approximate surface area is 101 Å². The summed E-state index contributed by atoms with van der Waals surface area (Å²) >= 11 is 4.91. The van der Waals surface area contributed by atoms with Gasteiger partial charge in [-0.15, -0.1) is 0 Å². The van der Waals surface area contributed by atoms with E-state index in [2.05, 4.69) is 15.9 Å². The quantitative estimate of drug-likeness (QED) is 0.725. The molecule has 0 fully saturated rings. The first-order chi connectivity index (χ1) is 6.89. The lowest BCUT2D eigenvalue weighted by Gasteiger charge is -2.17. The second-order valence-electron chi connectivity index (χ2n) is 4.50. The summed E-state index contributed by atoms with van der Waals surface area (Å²) < 4.78 is 3.81. The second kappa shape index (κ2) is 3.46. The molecule has 2 nitrogen and oxygen atoms in total. The van der Waals surface area contributed by atoms with Crippen molar-refractivity contribution in [2.45, 2.75) is 26.3 Å². The summed E-state index contributed by atoms with van der Waals surface area (Å²) in [6.07, 6.45) is 0. The average molecular weight is 286 g/mol. The number of hydrogen-bond donors (Lipinski definition) is 0. The van der Waals surface area contributed by atoms with Crippen LogP contribution < -0.4 is 5.56 Å². The first-order valence-corrected chi connectivity index (χ1v) is 6.28. The van der Waals surface area contributed by atoms with Gasteiger partial charge in [0.15, 0.2) is 0 Å². The maximum atomic E-state index is 12.1. The molecule has 0 saturated carbocycles. The van der Waals surface area contributed by atoms with Gasteiger partial charge in [-0.1, -0.05) is 27.5 Å². The largest absolute Gasteiger partial charge is 0.269 e. The van der Waals surface area contributed by atoms with E-state index < -0.39 is 0 Å². The third kappa shape index (κ3) is 1.88. The lowest BCUT2D eigenvalue weighted by Crippen LogP contribution is -2.29. The molecule has 15 heavy (non-hydrogen) atoms. The third-order valence-electron chi connectivity index (χ3n) is 2.16. The maximum absolute atomic E-state index is 12.1. The monoisotopic (exact) mass is 285 g/mol. The fourth-order valence-corrected chi connectivity index (χ4v) is 2.83. The Morgan fingerprint density at radius 2 is 2.00 bits per heavy atom. The highest BCUT2D eigenvalue weighted by Gasteiger charge is 2.18. The van der Waals surface area contributed by atoms with E-state index in [-0.39, 0.29) is 11.1 Å². The minimum atomic E-state index is -0.146. The summed E-state index contributed by atoms with van der Waals surface area (Å²) in [5.74, 6) is 0. The van der Waals surface area contributed by atoms with Crippen molar-refractivity contribution in [1.29, 1.82) is 0 Å². The van der Waals surface area contributed by atoms with Crippen LogP contribution >= 0.6 is 27.5 Å². The van der Waals surface area contributed by atoms with Crippen molar-refractivity contribution in [3.8, 4) is 0 Å². The Bertz CT molecular complexity index is 562. The molecule has 80 valence electrons. The Hall–Kier alpha value is -0.610. The normalized spacial score (nSPS) is 12.3. The first kappa shape index (κ1) is 10.9. The lowest BCUT2D eigenvalue weighted by atomic mass is 10.1. The van der Waals surface area contributed by atoms with Crippen LogP contribution in [0.1, 0.15) is 20.8 Å². The van der Waals surface area contributed by atoms with Gasteiger partial charge in [0, 0.05) is 4.47 Å². The van der Waals surface area contributed by atoms with Gasteiger partial charge >= 0.3 is 0 Å². The Kier molecular flexibility index (Phi) is 2.51. The summed E-state index contributed by atoms with van der Waals surface area (Å²) in [6, 6.07) is 5.83. The van der Waals surface area contributed by atoms with Crippen molar-refractivity contribution < 1.29 is 0 Å². The number of nitrogens with zero attached hydrogens (tertiary/aromatic N) is 1. The summed E-state index contributed by atoms with van der Waals surface area (Å²) in [6.45, 7) is 6.12. The number of benzene rings is 1. The molecule has 0 aliphatic carbocycles. The second-order valence-corrected chi connectivity index (χ2v) is 6.41. The highest BCUT2D eigenvalue weighted by atomic mass is 79.9. The SMILES string of the molecule is CC(C)(C)n1sc2ccc(Br)cc2c1=O. The topological polar surface area (TPSA) is 22.0 Å². The molecule has 0 N–H and O–H groups in total. The molecule has 1 aromatic heterocycles. The van der Waals surface area contributed by atoms with Crippen molar-refractivity contribution in [2.24, 2.45) is 0 Å². The van der Waals surface area contributed by atoms with Crippen LogP contribution in [-0.4, -0.2) is 3.96 Å². The van der Waals surface area contributed by atoms with Gasteiger partial charge in [0.1, 0.15) is 0 Å². The highest BCUT2D eigenvalue weighted by Crippen LogP contribution is 2.25. The zero-order chi connectivity index (χ0) is 11.2. The molecule has 2 aromatic rings.